The van der Waals surface area contributed by atoms with E-state index in [4.69, 9.17) is 0 Å². The molecule has 2 nitrogen and oxygen atoms in total. The smallest absolute Gasteiger partial charge is 0.0544 e. The van der Waals surface area contributed by atoms with Crippen LogP contribution in [0.1, 0.15) is 25.0 Å². The summed E-state index contributed by atoms with van der Waals surface area (Å²) in [6.45, 7) is 4.73. The molecule has 270 valence electrons. The van der Waals surface area contributed by atoms with E-state index in [0.717, 1.165) is 17.1 Å². The highest BCUT2D eigenvalue weighted by atomic mass is 15.1. The Morgan fingerprint density at radius 2 is 0.930 bits per heavy atom. The Balaban J connectivity index is 1.01. The van der Waals surface area contributed by atoms with Crippen LogP contribution in [0.15, 0.2) is 206 Å². The molecule has 57 heavy (non-hydrogen) atoms. The summed E-state index contributed by atoms with van der Waals surface area (Å²) in [6.07, 6.45) is 0. The third kappa shape index (κ3) is 5.40. The Morgan fingerprint density at radius 3 is 1.72 bits per heavy atom. The van der Waals surface area contributed by atoms with Crippen LogP contribution in [0.2, 0.25) is 0 Å². The minimum atomic E-state index is -0.0701. The van der Waals surface area contributed by atoms with E-state index in [1.54, 1.807) is 0 Å². The number of rotatable bonds is 6. The normalized spacial score (nSPS) is 12.9. The zero-order valence-corrected chi connectivity index (χ0v) is 32.0. The summed E-state index contributed by atoms with van der Waals surface area (Å²) in [7, 11) is 0. The first-order valence-corrected chi connectivity index (χ1v) is 19.8. The lowest BCUT2D eigenvalue weighted by Gasteiger charge is -2.26. The van der Waals surface area contributed by atoms with Crippen molar-refractivity contribution < 1.29 is 0 Å². The first-order valence-electron chi connectivity index (χ1n) is 19.8. The largest absolute Gasteiger partial charge is 0.310 e. The average Bonchev–Trinajstić information content (AvgIpc) is 3.71. The molecule has 10 aromatic rings. The Bertz CT molecular complexity index is 3120. The molecule has 0 spiro atoms. The Kier molecular flexibility index (Phi) is 7.55. The monoisotopic (exact) mass is 728 g/mol. The molecule has 11 rings (SSSR count). The fraction of sp³-hybridized carbons (Fsp3) is 0.0545. The number of para-hydroxylation sites is 2. The molecule has 0 aliphatic heterocycles. The van der Waals surface area contributed by atoms with Crippen molar-refractivity contribution in [2.24, 2.45) is 0 Å². The molecule has 1 aliphatic carbocycles. The Hall–Kier alpha value is -7.16. The Labute approximate surface area is 333 Å². The number of benzene rings is 9. The van der Waals surface area contributed by atoms with E-state index in [-0.39, 0.29) is 5.41 Å². The van der Waals surface area contributed by atoms with Crippen molar-refractivity contribution in [3.63, 3.8) is 0 Å². The topological polar surface area (TPSA) is 8.17 Å². The molecule has 0 atom stereocenters. The van der Waals surface area contributed by atoms with Crippen LogP contribution in [-0.4, -0.2) is 4.57 Å². The van der Waals surface area contributed by atoms with Gasteiger partial charge < -0.3 is 9.47 Å². The Morgan fingerprint density at radius 1 is 0.368 bits per heavy atom. The summed E-state index contributed by atoms with van der Waals surface area (Å²) in [5.74, 6) is 0. The van der Waals surface area contributed by atoms with E-state index >= 15 is 0 Å². The van der Waals surface area contributed by atoms with Crippen LogP contribution in [0.25, 0.3) is 71.6 Å². The maximum Gasteiger partial charge on any atom is 0.0544 e. The molecule has 0 amide bonds. The van der Waals surface area contributed by atoms with Gasteiger partial charge in [-0.05, 0) is 134 Å². The summed E-state index contributed by atoms with van der Waals surface area (Å²) >= 11 is 0. The van der Waals surface area contributed by atoms with E-state index in [9.17, 15) is 0 Å². The molecule has 0 fully saturated rings. The maximum atomic E-state index is 2.46. The number of anilines is 3. The van der Waals surface area contributed by atoms with Crippen molar-refractivity contribution in [1.82, 2.24) is 4.57 Å². The van der Waals surface area contributed by atoms with Gasteiger partial charge in [-0.1, -0.05) is 141 Å². The highest BCUT2D eigenvalue weighted by Crippen LogP contribution is 2.51. The van der Waals surface area contributed by atoms with Crippen LogP contribution in [0.4, 0.5) is 17.1 Å². The zero-order valence-electron chi connectivity index (χ0n) is 32.0. The first-order chi connectivity index (χ1) is 28.0. The summed E-state index contributed by atoms with van der Waals surface area (Å²) in [4.78, 5) is 2.34. The van der Waals surface area contributed by atoms with E-state index in [0.29, 0.717) is 0 Å². The number of fused-ring (bicyclic) bond motifs is 7. The number of aromatic nitrogens is 1. The second-order valence-corrected chi connectivity index (χ2v) is 15.8. The van der Waals surface area contributed by atoms with Gasteiger partial charge >= 0.3 is 0 Å². The van der Waals surface area contributed by atoms with Crippen molar-refractivity contribution in [3.05, 3.63) is 217 Å². The molecule has 0 unspecified atom stereocenters. The van der Waals surface area contributed by atoms with Crippen molar-refractivity contribution in [2.75, 3.05) is 4.90 Å². The van der Waals surface area contributed by atoms with Gasteiger partial charge in [0.25, 0.3) is 0 Å². The third-order valence-corrected chi connectivity index (χ3v) is 12.1. The zero-order chi connectivity index (χ0) is 38.1. The molecule has 9 aromatic carbocycles. The maximum absolute atomic E-state index is 2.46. The summed E-state index contributed by atoms with van der Waals surface area (Å²) in [5, 5.41) is 4.97. The summed E-state index contributed by atoms with van der Waals surface area (Å²) in [6, 6.07) is 75.5. The van der Waals surface area contributed by atoms with Crippen LogP contribution in [0.5, 0.6) is 0 Å². The second-order valence-electron chi connectivity index (χ2n) is 15.8. The number of hydrogen-bond donors (Lipinski definition) is 0. The van der Waals surface area contributed by atoms with E-state index in [2.05, 4.69) is 230 Å². The average molecular weight is 729 g/mol. The number of nitrogens with zero attached hydrogens (tertiary/aromatic N) is 2. The highest BCUT2D eigenvalue weighted by Gasteiger charge is 2.36. The van der Waals surface area contributed by atoms with E-state index < -0.39 is 0 Å². The summed E-state index contributed by atoms with van der Waals surface area (Å²) < 4.78 is 2.45. The standard InChI is InChI=1S/C55H40N2/c1-55(2)51-21-13-12-20-47(51)48-35-50-49-34-42(27-31-53(49)57(54(50)36-52(48)55)44-18-10-5-11-19-44)39-22-23-41-33-46(30-26-40(41)32-39)56(43-16-8-4-9-17-43)45-28-24-38(25-29-45)37-14-6-3-7-15-37/h3-36H,1-2H3. The lowest BCUT2D eigenvalue weighted by molar-refractivity contribution is 0.661. The van der Waals surface area contributed by atoms with Gasteiger partial charge in [0.15, 0.2) is 0 Å². The van der Waals surface area contributed by atoms with Crippen LogP contribution >= 0.6 is 0 Å². The minimum Gasteiger partial charge on any atom is -0.310 e. The summed E-state index contributed by atoms with van der Waals surface area (Å²) in [5.41, 5.74) is 17.3. The van der Waals surface area contributed by atoms with Crippen molar-refractivity contribution >= 4 is 49.6 Å². The van der Waals surface area contributed by atoms with Crippen LogP contribution in [0.3, 0.4) is 0 Å². The van der Waals surface area contributed by atoms with Crippen LogP contribution in [0, 0.1) is 0 Å². The highest BCUT2D eigenvalue weighted by molar-refractivity contribution is 6.13. The SMILES string of the molecule is CC1(C)c2ccccc2-c2cc3c4cc(-c5ccc6cc(N(c7ccccc7)c7ccc(-c8ccccc8)cc7)ccc6c5)ccc4n(-c4ccccc4)c3cc21. The first kappa shape index (κ1) is 33.2. The predicted octanol–water partition coefficient (Wildman–Crippen LogP) is 15.0. The lowest BCUT2D eigenvalue weighted by Crippen LogP contribution is -2.14. The van der Waals surface area contributed by atoms with Crippen molar-refractivity contribution in [2.45, 2.75) is 19.3 Å². The molecule has 0 radical (unpaired) electrons. The van der Waals surface area contributed by atoms with E-state index in [1.165, 1.54) is 82.8 Å². The van der Waals surface area contributed by atoms with Gasteiger partial charge in [-0.3, -0.25) is 0 Å². The molecule has 0 saturated heterocycles. The van der Waals surface area contributed by atoms with Gasteiger partial charge in [-0.25, -0.2) is 0 Å². The molecule has 1 aliphatic rings. The number of hydrogen-bond acceptors (Lipinski definition) is 1. The molecule has 1 aromatic heterocycles. The van der Waals surface area contributed by atoms with Gasteiger partial charge in [-0.15, -0.1) is 0 Å². The molecule has 0 bridgehead atoms. The molecule has 0 N–H and O–H groups in total. The second kappa shape index (κ2) is 13.0. The van der Waals surface area contributed by atoms with Crippen molar-refractivity contribution in [3.8, 4) is 39.1 Å². The molecule has 0 saturated carbocycles. The lowest BCUT2D eigenvalue weighted by atomic mass is 9.82. The van der Waals surface area contributed by atoms with Gasteiger partial charge in [0, 0.05) is 38.9 Å². The van der Waals surface area contributed by atoms with Gasteiger partial charge in [-0.2, -0.15) is 0 Å². The molecule has 2 heteroatoms. The van der Waals surface area contributed by atoms with E-state index in [1.807, 2.05) is 0 Å². The molecular formula is C55H40N2. The minimum absolute atomic E-state index is 0.0701. The van der Waals surface area contributed by atoms with Gasteiger partial charge in [0.2, 0.25) is 0 Å². The fourth-order valence-electron chi connectivity index (χ4n) is 9.26. The van der Waals surface area contributed by atoms with Gasteiger partial charge in [0.1, 0.15) is 0 Å². The fourth-order valence-corrected chi connectivity index (χ4v) is 9.26. The van der Waals surface area contributed by atoms with Crippen molar-refractivity contribution in [1.29, 1.82) is 0 Å². The van der Waals surface area contributed by atoms with Crippen LogP contribution in [-0.2, 0) is 5.41 Å². The third-order valence-electron chi connectivity index (χ3n) is 12.1. The molecular weight excluding hydrogens is 689 g/mol. The molecule has 1 heterocycles. The van der Waals surface area contributed by atoms with Gasteiger partial charge in [0.05, 0.1) is 11.0 Å². The predicted molar refractivity (Wildman–Crippen MR) is 241 cm³/mol. The quantitative estimate of drug-likeness (QED) is 0.165. The van der Waals surface area contributed by atoms with Crippen LogP contribution < -0.4 is 4.90 Å².